The van der Waals surface area contributed by atoms with Gasteiger partial charge in [-0.1, -0.05) is 19.1 Å². The summed E-state index contributed by atoms with van der Waals surface area (Å²) >= 11 is 0. The van der Waals surface area contributed by atoms with E-state index in [4.69, 9.17) is 0 Å². The molecule has 1 heterocycles. The highest BCUT2D eigenvalue weighted by molar-refractivity contribution is 5.83. The van der Waals surface area contributed by atoms with E-state index in [0.717, 1.165) is 18.5 Å². The van der Waals surface area contributed by atoms with Crippen LogP contribution in [0.15, 0.2) is 24.4 Å². The fourth-order valence-corrected chi connectivity index (χ4v) is 2.73. The van der Waals surface area contributed by atoms with Gasteiger partial charge in [0.2, 0.25) is 5.91 Å². The number of aromatic nitrogens is 2. The Bertz CT molecular complexity index is 617. The number of hydrogen-bond acceptors (Lipinski definition) is 2. The smallest absolute Gasteiger partial charge is 0.219 e. The number of fused-ring (bicyclic) bond motifs is 1. The zero-order valence-electron chi connectivity index (χ0n) is 11.4. The Kier molecular flexibility index (Phi) is 3.01. The van der Waals surface area contributed by atoms with Crippen molar-refractivity contribution in [3.63, 3.8) is 0 Å². The molecule has 0 saturated heterocycles. The number of carbonyl (C=O) groups excluding carboxylic acids is 1. The number of carbonyl (C=O) groups is 1. The normalized spacial score (nSPS) is 21.6. The summed E-state index contributed by atoms with van der Waals surface area (Å²) in [5.74, 6) is 1.30. The Morgan fingerprint density at radius 3 is 3.16 bits per heavy atom. The number of hydrogen-bond donors (Lipinski definition) is 1. The van der Waals surface area contributed by atoms with Crippen LogP contribution in [0.25, 0.3) is 10.9 Å². The van der Waals surface area contributed by atoms with E-state index in [1.165, 1.54) is 10.9 Å². The van der Waals surface area contributed by atoms with Crippen LogP contribution in [0.2, 0.25) is 0 Å². The highest BCUT2D eigenvalue weighted by Gasteiger charge is 2.39. The van der Waals surface area contributed by atoms with E-state index in [1.54, 1.807) is 0 Å². The molecular formula is C15H19N3O. The second-order valence-corrected chi connectivity index (χ2v) is 5.34. The fourth-order valence-electron chi connectivity index (χ4n) is 2.73. The van der Waals surface area contributed by atoms with Crippen LogP contribution < -0.4 is 5.32 Å². The largest absolute Gasteiger partial charge is 0.356 e. The number of amides is 1. The van der Waals surface area contributed by atoms with Crippen LogP contribution in [0.4, 0.5) is 0 Å². The molecule has 2 aromatic rings. The number of nitrogens with one attached hydrogen (secondary N) is 1. The number of benzene rings is 1. The highest BCUT2D eigenvalue weighted by atomic mass is 16.1. The van der Waals surface area contributed by atoms with Crippen molar-refractivity contribution in [2.75, 3.05) is 6.54 Å². The first kappa shape index (κ1) is 12.2. The molecule has 1 aromatic heterocycles. The van der Waals surface area contributed by atoms with Gasteiger partial charge in [0, 0.05) is 31.6 Å². The van der Waals surface area contributed by atoms with Gasteiger partial charge in [-0.05, 0) is 29.9 Å². The lowest BCUT2D eigenvalue weighted by atomic mass is 10.0. The zero-order valence-corrected chi connectivity index (χ0v) is 11.4. The van der Waals surface area contributed by atoms with Gasteiger partial charge in [-0.15, -0.1) is 0 Å². The predicted octanol–water partition coefficient (Wildman–Crippen LogP) is 2.20. The Hall–Kier alpha value is -1.84. The van der Waals surface area contributed by atoms with Crippen LogP contribution in [-0.2, 0) is 11.8 Å². The van der Waals surface area contributed by atoms with Gasteiger partial charge in [0.15, 0.2) is 0 Å². The van der Waals surface area contributed by atoms with Crippen LogP contribution in [0, 0.1) is 5.92 Å². The van der Waals surface area contributed by atoms with Gasteiger partial charge in [0.25, 0.3) is 0 Å². The summed E-state index contributed by atoms with van der Waals surface area (Å²) in [4.78, 5) is 11.3. The number of nitrogens with zero attached hydrogens (tertiary/aromatic N) is 2. The molecule has 4 heteroatoms. The van der Waals surface area contributed by atoms with E-state index in [1.807, 2.05) is 18.7 Å². The Morgan fingerprint density at radius 1 is 1.53 bits per heavy atom. The quantitative estimate of drug-likeness (QED) is 0.912. The molecular weight excluding hydrogens is 238 g/mol. The minimum Gasteiger partial charge on any atom is -0.356 e. The van der Waals surface area contributed by atoms with Crippen molar-refractivity contribution in [1.29, 1.82) is 0 Å². The van der Waals surface area contributed by atoms with E-state index in [2.05, 4.69) is 34.8 Å². The molecule has 1 N–H and O–H groups in total. The molecule has 3 rings (SSSR count). The minimum absolute atomic E-state index is 0.144. The molecule has 0 radical (unpaired) electrons. The van der Waals surface area contributed by atoms with Gasteiger partial charge in [-0.2, -0.15) is 5.10 Å². The second-order valence-electron chi connectivity index (χ2n) is 5.34. The summed E-state index contributed by atoms with van der Waals surface area (Å²) in [6, 6.07) is 6.32. The number of rotatable bonds is 4. The van der Waals surface area contributed by atoms with Crippen LogP contribution in [0.5, 0.6) is 0 Å². The summed E-state index contributed by atoms with van der Waals surface area (Å²) in [5.41, 5.74) is 2.43. The highest BCUT2D eigenvalue weighted by Crippen LogP contribution is 2.48. The van der Waals surface area contributed by atoms with Crippen molar-refractivity contribution in [2.24, 2.45) is 13.0 Å². The summed E-state index contributed by atoms with van der Waals surface area (Å²) in [6.07, 6.45) is 3.82. The molecule has 0 aliphatic heterocycles. The first-order valence-electron chi connectivity index (χ1n) is 6.88. The van der Waals surface area contributed by atoms with Crippen molar-refractivity contribution in [3.05, 3.63) is 30.0 Å². The van der Waals surface area contributed by atoms with E-state index < -0.39 is 0 Å². The standard InChI is InChI=1S/C15H19N3O/c1-3-15(19)16-8-10-7-12(10)11-5-4-6-14-13(11)9-18(2)17-14/h4-6,9-10,12H,3,7-8H2,1-2H3,(H,16,19)/t10-,12-/m0/s1. The van der Waals surface area contributed by atoms with Crippen LogP contribution >= 0.6 is 0 Å². The first-order valence-corrected chi connectivity index (χ1v) is 6.88. The average Bonchev–Trinajstić information content (AvgIpc) is 3.07. The van der Waals surface area contributed by atoms with Crippen molar-refractivity contribution in [1.82, 2.24) is 15.1 Å². The predicted molar refractivity (Wildman–Crippen MR) is 74.9 cm³/mol. The molecule has 1 aliphatic rings. The fraction of sp³-hybridized carbons (Fsp3) is 0.467. The van der Waals surface area contributed by atoms with E-state index in [0.29, 0.717) is 18.3 Å². The molecule has 1 amide bonds. The van der Waals surface area contributed by atoms with E-state index in [9.17, 15) is 4.79 Å². The molecule has 1 saturated carbocycles. The first-order chi connectivity index (χ1) is 9.19. The Morgan fingerprint density at radius 2 is 2.37 bits per heavy atom. The van der Waals surface area contributed by atoms with Gasteiger partial charge >= 0.3 is 0 Å². The summed E-state index contributed by atoms with van der Waals surface area (Å²) < 4.78 is 1.87. The molecule has 100 valence electrons. The van der Waals surface area contributed by atoms with E-state index in [-0.39, 0.29) is 5.91 Å². The molecule has 19 heavy (non-hydrogen) atoms. The third-order valence-corrected chi connectivity index (χ3v) is 3.90. The van der Waals surface area contributed by atoms with Crippen LogP contribution in [0.1, 0.15) is 31.2 Å². The molecule has 0 bridgehead atoms. The lowest BCUT2D eigenvalue weighted by Gasteiger charge is -2.04. The molecule has 0 unspecified atom stereocenters. The van der Waals surface area contributed by atoms with Gasteiger partial charge < -0.3 is 5.32 Å². The Balaban J connectivity index is 1.74. The maximum absolute atomic E-state index is 11.3. The van der Waals surface area contributed by atoms with Crippen molar-refractivity contribution >= 4 is 16.8 Å². The lowest BCUT2D eigenvalue weighted by molar-refractivity contribution is -0.120. The Labute approximate surface area is 112 Å². The van der Waals surface area contributed by atoms with Crippen molar-refractivity contribution in [2.45, 2.75) is 25.7 Å². The second kappa shape index (κ2) is 4.68. The van der Waals surface area contributed by atoms with Gasteiger partial charge in [-0.25, -0.2) is 0 Å². The summed E-state index contributed by atoms with van der Waals surface area (Å²) in [5, 5.41) is 8.68. The maximum Gasteiger partial charge on any atom is 0.219 e. The summed E-state index contributed by atoms with van der Waals surface area (Å²) in [7, 11) is 1.95. The minimum atomic E-state index is 0.144. The topological polar surface area (TPSA) is 46.9 Å². The molecule has 1 aliphatic carbocycles. The number of aryl methyl sites for hydroxylation is 1. The SMILES string of the molecule is CCC(=O)NC[C@@H]1C[C@@H]1c1cccc2nn(C)cc12. The summed E-state index contributed by atoms with van der Waals surface area (Å²) in [6.45, 7) is 2.68. The van der Waals surface area contributed by atoms with Crippen LogP contribution in [-0.4, -0.2) is 22.2 Å². The van der Waals surface area contributed by atoms with Crippen molar-refractivity contribution in [3.8, 4) is 0 Å². The average molecular weight is 257 g/mol. The van der Waals surface area contributed by atoms with Gasteiger partial charge in [0.1, 0.15) is 0 Å². The third kappa shape index (κ3) is 2.35. The zero-order chi connectivity index (χ0) is 13.4. The molecule has 1 aromatic carbocycles. The maximum atomic E-state index is 11.3. The molecule has 1 fully saturated rings. The van der Waals surface area contributed by atoms with Gasteiger partial charge in [0.05, 0.1) is 5.52 Å². The molecule has 2 atom stereocenters. The lowest BCUT2D eigenvalue weighted by Crippen LogP contribution is -2.24. The molecule has 4 nitrogen and oxygen atoms in total. The molecule has 0 spiro atoms. The van der Waals surface area contributed by atoms with Gasteiger partial charge in [-0.3, -0.25) is 9.48 Å². The monoisotopic (exact) mass is 257 g/mol. The van der Waals surface area contributed by atoms with E-state index >= 15 is 0 Å². The van der Waals surface area contributed by atoms with Crippen molar-refractivity contribution < 1.29 is 4.79 Å². The van der Waals surface area contributed by atoms with Crippen LogP contribution in [0.3, 0.4) is 0 Å². The third-order valence-electron chi connectivity index (χ3n) is 3.90.